The summed E-state index contributed by atoms with van der Waals surface area (Å²) in [7, 11) is 1.57. The van der Waals surface area contributed by atoms with Crippen LogP contribution in [-0.4, -0.2) is 19.6 Å². The van der Waals surface area contributed by atoms with Crippen LogP contribution in [0.4, 0.5) is 11.4 Å². The van der Waals surface area contributed by atoms with Crippen molar-refractivity contribution < 1.29 is 14.3 Å². The molecule has 0 aliphatic carbocycles. The molecule has 0 spiro atoms. The number of carbonyl (C=O) groups excluding carboxylic acids is 1. The van der Waals surface area contributed by atoms with Crippen LogP contribution in [0, 0.1) is 20.8 Å². The average Bonchev–Trinajstić information content (AvgIpc) is 2.54. The number of rotatable bonds is 6. The summed E-state index contributed by atoms with van der Waals surface area (Å²) < 4.78 is 10.9. The topological polar surface area (TPSA) is 73.6 Å². The molecule has 0 aliphatic heterocycles. The lowest BCUT2D eigenvalue weighted by molar-refractivity contribution is -0.116. The largest absolute Gasteiger partial charge is 0.497 e. The first-order chi connectivity index (χ1) is 11.4. The molecule has 2 aromatic carbocycles. The molecule has 0 saturated heterocycles. The van der Waals surface area contributed by atoms with Crippen molar-refractivity contribution >= 4 is 29.7 Å². The lowest BCUT2D eigenvalue weighted by Gasteiger charge is -2.13. The van der Waals surface area contributed by atoms with E-state index in [-0.39, 0.29) is 24.7 Å². The smallest absolute Gasteiger partial charge is 0.227 e. The van der Waals surface area contributed by atoms with Crippen LogP contribution >= 0.6 is 12.4 Å². The second-order valence-electron chi connectivity index (χ2n) is 5.80. The Bertz CT molecular complexity index is 748. The molecule has 6 heteroatoms. The number of anilines is 2. The normalized spacial score (nSPS) is 9.92. The Kier molecular flexibility index (Phi) is 7.58. The van der Waals surface area contributed by atoms with E-state index in [1.54, 1.807) is 25.3 Å². The third-order valence-electron chi connectivity index (χ3n) is 3.89. The van der Waals surface area contributed by atoms with Gasteiger partial charge in [-0.25, -0.2) is 0 Å². The summed E-state index contributed by atoms with van der Waals surface area (Å²) in [5.74, 6) is 1.31. The lowest BCUT2D eigenvalue weighted by atomic mass is 10.1. The SMILES string of the molecule is COc1ccc(N)c(NC(=O)CCOc2cc(C)cc(C)c2C)c1.Cl. The van der Waals surface area contributed by atoms with Crippen LogP contribution < -0.4 is 20.5 Å². The zero-order valence-electron chi connectivity index (χ0n) is 15.0. The first kappa shape index (κ1) is 20.6. The summed E-state index contributed by atoms with van der Waals surface area (Å²) in [5, 5.41) is 2.78. The molecule has 0 radical (unpaired) electrons. The minimum atomic E-state index is -0.156. The number of methoxy groups -OCH3 is 1. The van der Waals surface area contributed by atoms with Gasteiger partial charge in [0.15, 0.2) is 0 Å². The monoisotopic (exact) mass is 364 g/mol. The molecular weight excluding hydrogens is 340 g/mol. The predicted molar refractivity (Wildman–Crippen MR) is 104 cm³/mol. The number of hydrogen-bond donors (Lipinski definition) is 2. The number of benzene rings is 2. The summed E-state index contributed by atoms with van der Waals surface area (Å²) >= 11 is 0. The number of nitrogens with two attached hydrogens (primary N) is 1. The van der Waals surface area contributed by atoms with Crippen molar-refractivity contribution in [3.8, 4) is 11.5 Å². The van der Waals surface area contributed by atoms with E-state index in [0.717, 1.165) is 16.9 Å². The number of carbonyl (C=O) groups is 1. The van der Waals surface area contributed by atoms with E-state index < -0.39 is 0 Å². The number of nitrogens with one attached hydrogen (secondary N) is 1. The number of ether oxygens (including phenoxy) is 2. The second kappa shape index (κ2) is 9.18. The van der Waals surface area contributed by atoms with E-state index in [9.17, 15) is 4.79 Å². The van der Waals surface area contributed by atoms with E-state index in [1.807, 2.05) is 26.8 Å². The molecule has 136 valence electrons. The summed E-state index contributed by atoms with van der Waals surface area (Å²) in [6.45, 7) is 6.39. The Morgan fingerprint density at radius 3 is 2.56 bits per heavy atom. The Labute approximate surface area is 154 Å². The Morgan fingerprint density at radius 1 is 1.16 bits per heavy atom. The van der Waals surface area contributed by atoms with Gasteiger partial charge >= 0.3 is 0 Å². The lowest BCUT2D eigenvalue weighted by Crippen LogP contribution is -2.16. The van der Waals surface area contributed by atoms with Gasteiger partial charge in [-0.1, -0.05) is 6.07 Å². The van der Waals surface area contributed by atoms with Crippen molar-refractivity contribution in [1.29, 1.82) is 0 Å². The molecule has 0 heterocycles. The molecule has 0 atom stereocenters. The minimum absolute atomic E-state index is 0. The van der Waals surface area contributed by atoms with E-state index in [4.69, 9.17) is 15.2 Å². The molecule has 2 aromatic rings. The highest BCUT2D eigenvalue weighted by Gasteiger charge is 2.09. The van der Waals surface area contributed by atoms with Crippen LogP contribution in [0.2, 0.25) is 0 Å². The first-order valence-electron chi connectivity index (χ1n) is 7.84. The number of halogens is 1. The quantitative estimate of drug-likeness (QED) is 0.759. The van der Waals surface area contributed by atoms with Crippen molar-refractivity contribution in [2.24, 2.45) is 0 Å². The van der Waals surface area contributed by atoms with Crippen molar-refractivity contribution in [3.05, 3.63) is 47.0 Å². The highest BCUT2D eigenvalue weighted by molar-refractivity contribution is 5.94. The number of aryl methyl sites for hydroxylation is 2. The molecular formula is C19H25ClN2O3. The Morgan fingerprint density at radius 2 is 1.88 bits per heavy atom. The van der Waals surface area contributed by atoms with Gasteiger partial charge in [-0.05, 0) is 55.7 Å². The molecule has 0 bridgehead atoms. The molecule has 0 aromatic heterocycles. The van der Waals surface area contributed by atoms with E-state index in [1.165, 1.54) is 5.56 Å². The Hall–Kier alpha value is -2.40. The zero-order chi connectivity index (χ0) is 17.7. The summed E-state index contributed by atoms with van der Waals surface area (Å²) in [6, 6.07) is 9.24. The molecule has 5 nitrogen and oxygen atoms in total. The fraction of sp³-hybridized carbons (Fsp3) is 0.316. The van der Waals surface area contributed by atoms with Gasteiger partial charge in [0.1, 0.15) is 11.5 Å². The van der Waals surface area contributed by atoms with Crippen molar-refractivity contribution in [1.82, 2.24) is 0 Å². The summed E-state index contributed by atoms with van der Waals surface area (Å²) in [5.41, 5.74) is 10.3. The standard InChI is InChI=1S/C19H24N2O3.ClH/c1-12-9-13(2)14(3)18(10-12)24-8-7-19(22)21-17-11-15(23-4)5-6-16(17)20;/h5-6,9-11H,7-8,20H2,1-4H3,(H,21,22);1H. The average molecular weight is 365 g/mol. The molecule has 0 unspecified atom stereocenters. The van der Waals surface area contributed by atoms with Crippen LogP contribution in [0.5, 0.6) is 11.5 Å². The second-order valence-corrected chi connectivity index (χ2v) is 5.80. The third kappa shape index (κ3) is 5.57. The molecule has 25 heavy (non-hydrogen) atoms. The maximum atomic E-state index is 12.1. The van der Waals surface area contributed by atoms with Crippen molar-refractivity contribution in [3.63, 3.8) is 0 Å². The van der Waals surface area contributed by atoms with Gasteiger partial charge in [-0.15, -0.1) is 12.4 Å². The number of hydrogen-bond acceptors (Lipinski definition) is 4. The molecule has 1 amide bonds. The number of amides is 1. The van der Waals surface area contributed by atoms with Crippen LogP contribution in [0.25, 0.3) is 0 Å². The van der Waals surface area contributed by atoms with Gasteiger partial charge < -0.3 is 20.5 Å². The van der Waals surface area contributed by atoms with Crippen molar-refractivity contribution in [2.75, 3.05) is 24.8 Å². The van der Waals surface area contributed by atoms with E-state index >= 15 is 0 Å². The number of nitrogen functional groups attached to an aromatic ring is 1. The van der Waals surface area contributed by atoms with E-state index in [0.29, 0.717) is 23.7 Å². The highest BCUT2D eigenvalue weighted by Crippen LogP contribution is 2.25. The zero-order valence-corrected chi connectivity index (χ0v) is 15.8. The molecule has 0 fully saturated rings. The Balaban J connectivity index is 0.00000312. The fourth-order valence-corrected chi connectivity index (χ4v) is 2.39. The van der Waals surface area contributed by atoms with Crippen LogP contribution in [0.3, 0.4) is 0 Å². The highest BCUT2D eigenvalue weighted by atomic mass is 35.5. The minimum Gasteiger partial charge on any atom is -0.497 e. The van der Waals surface area contributed by atoms with Crippen LogP contribution in [-0.2, 0) is 4.79 Å². The predicted octanol–water partition coefficient (Wildman–Crippen LogP) is 4.03. The van der Waals surface area contributed by atoms with Gasteiger partial charge in [0, 0.05) is 6.07 Å². The molecule has 0 aliphatic rings. The molecule has 0 saturated carbocycles. The molecule has 2 rings (SSSR count). The van der Waals surface area contributed by atoms with Gasteiger partial charge in [0.2, 0.25) is 5.91 Å². The third-order valence-corrected chi connectivity index (χ3v) is 3.89. The van der Waals surface area contributed by atoms with Gasteiger partial charge in [-0.2, -0.15) is 0 Å². The van der Waals surface area contributed by atoms with Gasteiger partial charge in [0.05, 0.1) is 31.5 Å². The van der Waals surface area contributed by atoms with Gasteiger partial charge in [0.25, 0.3) is 0 Å². The maximum absolute atomic E-state index is 12.1. The van der Waals surface area contributed by atoms with Crippen LogP contribution in [0.1, 0.15) is 23.1 Å². The fourth-order valence-electron chi connectivity index (χ4n) is 2.39. The van der Waals surface area contributed by atoms with Crippen molar-refractivity contribution in [2.45, 2.75) is 27.2 Å². The first-order valence-corrected chi connectivity index (χ1v) is 7.84. The molecule has 3 N–H and O–H groups in total. The van der Waals surface area contributed by atoms with Crippen LogP contribution in [0.15, 0.2) is 30.3 Å². The van der Waals surface area contributed by atoms with E-state index in [2.05, 4.69) is 11.4 Å². The summed E-state index contributed by atoms with van der Waals surface area (Å²) in [6.07, 6.45) is 0.239. The summed E-state index contributed by atoms with van der Waals surface area (Å²) in [4.78, 5) is 12.1. The van der Waals surface area contributed by atoms with Gasteiger partial charge in [-0.3, -0.25) is 4.79 Å². The maximum Gasteiger partial charge on any atom is 0.227 e.